The van der Waals surface area contributed by atoms with E-state index < -0.39 is 0 Å². The SMILES string of the molecule is C1CCC(c2noc(C3C4C5CCC(C5)C34)n2)NC1. The second-order valence-corrected chi connectivity index (χ2v) is 7.01. The van der Waals surface area contributed by atoms with Gasteiger partial charge in [0.2, 0.25) is 5.89 Å². The van der Waals surface area contributed by atoms with Crippen molar-refractivity contribution in [2.75, 3.05) is 6.54 Å². The smallest absolute Gasteiger partial charge is 0.230 e. The third kappa shape index (κ3) is 1.49. The molecular formula is C15H21N3O. The largest absolute Gasteiger partial charge is 0.339 e. The van der Waals surface area contributed by atoms with E-state index in [2.05, 4.69) is 10.5 Å². The molecule has 1 aromatic heterocycles. The number of fused-ring (bicyclic) bond motifs is 5. The highest BCUT2D eigenvalue weighted by molar-refractivity contribution is 5.23. The molecule has 0 aromatic carbocycles. The minimum atomic E-state index is 0.335. The highest BCUT2D eigenvalue weighted by atomic mass is 16.5. The summed E-state index contributed by atoms with van der Waals surface area (Å²) < 4.78 is 5.60. The van der Waals surface area contributed by atoms with Crippen LogP contribution in [0.3, 0.4) is 0 Å². The van der Waals surface area contributed by atoms with Crippen LogP contribution in [0.15, 0.2) is 4.52 Å². The quantitative estimate of drug-likeness (QED) is 0.887. The lowest BCUT2D eigenvalue weighted by Crippen LogP contribution is -2.27. The average Bonchev–Trinajstić information content (AvgIpc) is 2.89. The second kappa shape index (κ2) is 3.81. The van der Waals surface area contributed by atoms with E-state index in [1.165, 1.54) is 32.1 Å². The number of rotatable bonds is 2. The third-order valence-corrected chi connectivity index (χ3v) is 6.10. The maximum atomic E-state index is 5.60. The Morgan fingerprint density at radius 2 is 1.89 bits per heavy atom. The van der Waals surface area contributed by atoms with Gasteiger partial charge in [0.15, 0.2) is 5.82 Å². The molecule has 3 saturated carbocycles. The molecule has 0 spiro atoms. The molecule has 102 valence electrons. The minimum absolute atomic E-state index is 0.335. The van der Waals surface area contributed by atoms with E-state index in [9.17, 15) is 0 Å². The summed E-state index contributed by atoms with van der Waals surface area (Å²) in [5.41, 5.74) is 0. The van der Waals surface area contributed by atoms with Gasteiger partial charge in [0.1, 0.15) is 0 Å². The number of nitrogens with one attached hydrogen (secondary N) is 1. The molecule has 4 aliphatic rings. The van der Waals surface area contributed by atoms with Crippen LogP contribution in [0.5, 0.6) is 0 Å². The average molecular weight is 259 g/mol. The molecule has 0 radical (unpaired) electrons. The van der Waals surface area contributed by atoms with Crippen molar-refractivity contribution in [3.05, 3.63) is 11.7 Å². The number of aromatic nitrogens is 2. The van der Waals surface area contributed by atoms with Crippen LogP contribution in [0.1, 0.15) is 62.2 Å². The lowest BCUT2D eigenvalue weighted by Gasteiger charge is -2.19. The van der Waals surface area contributed by atoms with Crippen molar-refractivity contribution >= 4 is 0 Å². The fourth-order valence-electron chi connectivity index (χ4n) is 5.25. The molecule has 2 heterocycles. The molecule has 5 rings (SSSR count). The highest BCUT2D eigenvalue weighted by Crippen LogP contribution is 2.72. The van der Waals surface area contributed by atoms with Crippen LogP contribution < -0.4 is 5.32 Å². The Labute approximate surface area is 113 Å². The fraction of sp³-hybridized carbons (Fsp3) is 0.867. The molecule has 5 atom stereocenters. The number of piperidine rings is 1. The molecular weight excluding hydrogens is 238 g/mol. The molecule has 2 bridgehead atoms. The number of nitrogens with zero attached hydrogens (tertiary/aromatic N) is 2. The molecule has 1 N–H and O–H groups in total. The first kappa shape index (κ1) is 10.8. The number of hydrogen-bond donors (Lipinski definition) is 1. The predicted octanol–water partition coefficient (Wildman–Crippen LogP) is 2.64. The van der Waals surface area contributed by atoms with E-state index in [1.807, 2.05) is 0 Å². The van der Waals surface area contributed by atoms with Crippen molar-refractivity contribution in [2.45, 2.75) is 50.5 Å². The van der Waals surface area contributed by atoms with Gasteiger partial charge < -0.3 is 9.84 Å². The molecule has 4 nitrogen and oxygen atoms in total. The normalized spacial score (nSPS) is 47.4. The van der Waals surface area contributed by atoms with Gasteiger partial charge in [-0.15, -0.1) is 0 Å². The van der Waals surface area contributed by atoms with Gasteiger partial charge in [-0.2, -0.15) is 4.98 Å². The summed E-state index contributed by atoms with van der Waals surface area (Å²) in [5, 5.41) is 7.75. The summed E-state index contributed by atoms with van der Waals surface area (Å²) in [5.74, 6) is 6.22. The second-order valence-electron chi connectivity index (χ2n) is 7.01. The van der Waals surface area contributed by atoms with Crippen molar-refractivity contribution in [3.8, 4) is 0 Å². The van der Waals surface area contributed by atoms with Crippen molar-refractivity contribution in [2.24, 2.45) is 23.7 Å². The third-order valence-electron chi connectivity index (χ3n) is 6.10. The Kier molecular flexibility index (Phi) is 2.17. The van der Waals surface area contributed by atoms with E-state index in [4.69, 9.17) is 9.51 Å². The lowest BCUT2D eigenvalue weighted by molar-refractivity contribution is 0.337. The Morgan fingerprint density at radius 1 is 1.05 bits per heavy atom. The standard InChI is InChI=1S/C15H21N3O/c1-2-6-16-10(3-1)14-17-15(19-18-14)13-11-8-4-5-9(7-8)12(11)13/h8-13,16H,1-7H2. The minimum Gasteiger partial charge on any atom is -0.339 e. The summed E-state index contributed by atoms with van der Waals surface area (Å²) in [4.78, 5) is 4.73. The van der Waals surface area contributed by atoms with Crippen LogP contribution in [-0.2, 0) is 0 Å². The Hall–Kier alpha value is -0.900. The molecule has 1 aromatic rings. The summed E-state index contributed by atoms with van der Waals surface area (Å²) in [6.45, 7) is 1.09. The Morgan fingerprint density at radius 3 is 2.63 bits per heavy atom. The van der Waals surface area contributed by atoms with Gasteiger partial charge in [0, 0.05) is 5.92 Å². The first-order chi connectivity index (χ1) is 9.42. The topological polar surface area (TPSA) is 51.0 Å². The molecule has 5 unspecified atom stereocenters. The van der Waals surface area contributed by atoms with Gasteiger partial charge in [-0.3, -0.25) is 0 Å². The fourth-order valence-corrected chi connectivity index (χ4v) is 5.25. The molecule has 4 heteroatoms. The Bertz CT molecular complexity index is 477. The van der Waals surface area contributed by atoms with Crippen molar-refractivity contribution in [3.63, 3.8) is 0 Å². The first-order valence-corrected chi connectivity index (χ1v) is 7.99. The molecule has 0 amide bonds. The summed E-state index contributed by atoms with van der Waals surface area (Å²) in [6, 6.07) is 0.335. The zero-order valence-corrected chi connectivity index (χ0v) is 11.2. The van der Waals surface area contributed by atoms with Crippen LogP contribution in [-0.4, -0.2) is 16.7 Å². The van der Waals surface area contributed by atoms with Gasteiger partial charge in [-0.1, -0.05) is 11.6 Å². The summed E-state index contributed by atoms with van der Waals surface area (Å²) in [7, 11) is 0. The maximum Gasteiger partial charge on any atom is 0.230 e. The molecule has 1 saturated heterocycles. The monoisotopic (exact) mass is 259 g/mol. The Balaban J connectivity index is 1.36. The molecule has 19 heavy (non-hydrogen) atoms. The number of hydrogen-bond acceptors (Lipinski definition) is 4. The zero-order chi connectivity index (χ0) is 12.4. The lowest BCUT2D eigenvalue weighted by atomic mass is 10.0. The van der Waals surface area contributed by atoms with Crippen LogP contribution in [0.4, 0.5) is 0 Å². The van der Waals surface area contributed by atoms with Gasteiger partial charge >= 0.3 is 0 Å². The van der Waals surface area contributed by atoms with Crippen molar-refractivity contribution in [1.29, 1.82) is 0 Å². The first-order valence-electron chi connectivity index (χ1n) is 7.99. The predicted molar refractivity (Wildman–Crippen MR) is 69.4 cm³/mol. The molecule has 3 aliphatic carbocycles. The van der Waals surface area contributed by atoms with E-state index >= 15 is 0 Å². The van der Waals surface area contributed by atoms with Gasteiger partial charge in [-0.25, -0.2) is 0 Å². The maximum absolute atomic E-state index is 5.60. The van der Waals surface area contributed by atoms with Gasteiger partial charge in [0.05, 0.1) is 6.04 Å². The van der Waals surface area contributed by atoms with Gasteiger partial charge in [-0.05, 0) is 62.3 Å². The van der Waals surface area contributed by atoms with Crippen LogP contribution >= 0.6 is 0 Å². The highest BCUT2D eigenvalue weighted by Gasteiger charge is 2.67. The van der Waals surface area contributed by atoms with Crippen LogP contribution in [0, 0.1) is 23.7 Å². The molecule has 4 fully saturated rings. The van der Waals surface area contributed by atoms with E-state index in [0.717, 1.165) is 48.4 Å². The summed E-state index contributed by atoms with van der Waals surface area (Å²) >= 11 is 0. The van der Waals surface area contributed by atoms with E-state index in [-0.39, 0.29) is 0 Å². The van der Waals surface area contributed by atoms with Crippen LogP contribution in [0.2, 0.25) is 0 Å². The van der Waals surface area contributed by atoms with Gasteiger partial charge in [0.25, 0.3) is 0 Å². The zero-order valence-electron chi connectivity index (χ0n) is 11.2. The van der Waals surface area contributed by atoms with Crippen molar-refractivity contribution in [1.82, 2.24) is 15.5 Å². The van der Waals surface area contributed by atoms with Crippen molar-refractivity contribution < 1.29 is 4.52 Å². The van der Waals surface area contributed by atoms with E-state index in [0.29, 0.717) is 12.0 Å². The molecule has 1 aliphatic heterocycles. The van der Waals surface area contributed by atoms with Crippen LogP contribution in [0.25, 0.3) is 0 Å². The van der Waals surface area contributed by atoms with E-state index in [1.54, 1.807) is 0 Å². The summed E-state index contributed by atoms with van der Waals surface area (Å²) in [6.07, 6.45) is 8.09.